The molecular formula is C23H24F2N2O2. The number of nitrogens with zero attached hydrogens (tertiary/aromatic N) is 1. The number of hydrogen-bond donors (Lipinski definition) is 1. The van der Waals surface area contributed by atoms with Crippen LogP contribution in [0.1, 0.15) is 49.0 Å². The summed E-state index contributed by atoms with van der Waals surface area (Å²) in [6.07, 6.45) is 3.23. The van der Waals surface area contributed by atoms with Gasteiger partial charge in [0.25, 0.3) is 0 Å². The highest BCUT2D eigenvalue weighted by Crippen LogP contribution is 2.26. The average Bonchev–Trinajstić information content (AvgIpc) is 2.71. The van der Waals surface area contributed by atoms with Crippen molar-refractivity contribution in [3.63, 3.8) is 0 Å². The number of aromatic nitrogens is 1. The number of Topliss-reactive ketones (excluding diaryl/α,β-unsaturated/α-hetero) is 1. The number of pyridine rings is 1. The number of ether oxygens (including phenoxy) is 1. The second-order valence-electron chi connectivity index (χ2n) is 7.47. The minimum absolute atomic E-state index is 0.0238. The zero-order chi connectivity index (χ0) is 21.0. The number of carbonyl (C=O) groups excluding carboxylic acids is 1. The van der Waals surface area contributed by atoms with Crippen molar-refractivity contribution in [1.29, 1.82) is 0 Å². The fourth-order valence-electron chi connectivity index (χ4n) is 2.94. The van der Waals surface area contributed by atoms with Crippen LogP contribution >= 0.6 is 0 Å². The third kappa shape index (κ3) is 4.95. The SMILES string of the molecule is CC[C@](C)(N)CCC(=O)c1cnc2c(OCc3c(F)cccc3F)cccc2c1. The number of para-hydroxylation sites is 1. The molecule has 0 spiro atoms. The van der Waals surface area contributed by atoms with Gasteiger partial charge < -0.3 is 10.5 Å². The van der Waals surface area contributed by atoms with Crippen LogP contribution in [0.4, 0.5) is 8.78 Å². The van der Waals surface area contributed by atoms with Crippen molar-refractivity contribution in [2.75, 3.05) is 0 Å². The van der Waals surface area contributed by atoms with Gasteiger partial charge in [0.1, 0.15) is 29.5 Å². The summed E-state index contributed by atoms with van der Waals surface area (Å²) in [5.41, 5.74) is 6.63. The molecule has 0 aliphatic carbocycles. The van der Waals surface area contributed by atoms with Gasteiger partial charge in [-0.25, -0.2) is 8.78 Å². The molecule has 0 unspecified atom stereocenters. The molecule has 0 aliphatic heterocycles. The molecule has 4 nitrogen and oxygen atoms in total. The highest BCUT2D eigenvalue weighted by molar-refractivity contribution is 5.99. The molecule has 3 aromatic rings. The van der Waals surface area contributed by atoms with Crippen LogP contribution in [0.15, 0.2) is 48.7 Å². The Morgan fingerprint density at radius 1 is 1.17 bits per heavy atom. The van der Waals surface area contributed by atoms with Crippen molar-refractivity contribution < 1.29 is 18.3 Å². The predicted octanol–water partition coefficient (Wildman–Crippen LogP) is 5.18. The Morgan fingerprint density at radius 3 is 2.55 bits per heavy atom. The van der Waals surface area contributed by atoms with Crippen LogP contribution in [-0.2, 0) is 6.61 Å². The Morgan fingerprint density at radius 2 is 1.86 bits per heavy atom. The Balaban J connectivity index is 1.79. The molecule has 2 N–H and O–H groups in total. The zero-order valence-electron chi connectivity index (χ0n) is 16.5. The van der Waals surface area contributed by atoms with Crippen LogP contribution in [0.5, 0.6) is 5.75 Å². The molecule has 0 saturated carbocycles. The van der Waals surface area contributed by atoms with E-state index in [4.69, 9.17) is 10.5 Å². The monoisotopic (exact) mass is 398 g/mol. The number of rotatable bonds is 8. The highest BCUT2D eigenvalue weighted by atomic mass is 19.1. The van der Waals surface area contributed by atoms with Gasteiger partial charge in [-0.2, -0.15) is 0 Å². The first-order chi connectivity index (χ1) is 13.8. The lowest BCUT2D eigenvalue weighted by molar-refractivity contribution is 0.0970. The zero-order valence-corrected chi connectivity index (χ0v) is 16.5. The molecule has 0 fully saturated rings. The Labute approximate surface area is 168 Å². The van der Waals surface area contributed by atoms with Crippen LogP contribution in [0.3, 0.4) is 0 Å². The summed E-state index contributed by atoms with van der Waals surface area (Å²) in [5.74, 6) is -0.955. The van der Waals surface area contributed by atoms with Crippen molar-refractivity contribution in [2.45, 2.75) is 45.3 Å². The molecular weight excluding hydrogens is 374 g/mol. The Bertz CT molecular complexity index is 1010. The number of hydrogen-bond acceptors (Lipinski definition) is 4. The molecule has 152 valence electrons. The molecule has 0 saturated heterocycles. The molecule has 0 bridgehead atoms. The van der Waals surface area contributed by atoms with E-state index in [-0.39, 0.29) is 23.5 Å². The minimum Gasteiger partial charge on any atom is -0.486 e. The molecule has 0 amide bonds. The largest absolute Gasteiger partial charge is 0.486 e. The number of fused-ring (bicyclic) bond motifs is 1. The standard InChI is InChI=1S/C23H24F2N2O2/c1-3-23(2,26)11-10-20(28)16-12-15-6-4-9-21(22(15)27-13-16)29-14-17-18(24)7-5-8-19(17)25/h4-9,12-13H,3,10-11,14,26H2,1-2H3/t23-/m0/s1. The Hall–Kier alpha value is -2.86. The van der Waals surface area contributed by atoms with E-state index in [0.717, 1.165) is 6.42 Å². The fraction of sp³-hybridized carbons (Fsp3) is 0.304. The molecule has 2 aromatic carbocycles. The van der Waals surface area contributed by atoms with Crippen LogP contribution in [0, 0.1) is 11.6 Å². The van der Waals surface area contributed by atoms with Crippen LogP contribution in [-0.4, -0.2) is 16.3 Å². The molecule has 0 radical (unpaired) electrons. The van der Waals surface area contributed by atoms with Crippen LogP contribution in [0.25, 0.3) is 10.9 Å². The van der Waals surface area contributed by atoms with Gasteiger partial charge in [0.2, 0.25) is 0 Å². The van der Waals surface area contributed by atoms with E-state index in [0.29, 0.717) is 35.1 Å². The predicted molar refractivity (Wildman–Crippen MR) is 109 cm³/mol. The van der Waals surface area contributed by atoms with Gasteiger partial charge in [-0.1, -0.05) is 25.1 Å². The average molecular weight is 398 g/mol. The molecule has 6 heteroatoms. The third-order valence-corrected chi connectivity index (χ3v) is 5.16. The highest BCUT2D eigenvalue weighted by Gasteiger charge is 2.18. The van der Waals surface area contributed by atoms with Crippen molar-refractivity contribution in [1.82, 2.24) is 4.98 Å². The minimum atomic E-state index is -0.662. The van der Waals surface area contributed by atoms with Crippen LogP contribution in [0.2, 0.25) is 0 Å². The second-order valence-corrected chi connectivity index (χ2v) is 7.47. The van der Waals surface area contributed by atoms with Gasteiger partial charge in [0.05, 0.1) is 5.56 Å². The number of nitrogens with two attached hydrogens (primary N) is 1. The maximum atomic E-state index is 13.8. The third-order valence-electron chi connectivity index (χ3n) is 5.16. The first-order valence-electron chi connectivity index (χ1n) is 9.57. The number of carbonyl (C=O) groups is 1. The van der Waals surface area contributed by atoms with Gasteiger partial charge in [-0.3, -0.25) is 9.78 Å². The van der Waals surface area contributed by atoms with E-state index in [1.807, 2.05) is 19.9 Å². The summed E-state index contributed by atoms with van der Waals surface area (Å²) in [5, 5.41) is 0.716. The number of halogens is 2. The summed E-state index contributed by atoms with van der Waals surface area (Å²) in [7, 11) is 0. The van der Waals surface area contributed by atoms with Crippen molar-refractivity contribution >= 4 is 16.7 Å². The molecule has 1 atom stereocenters. The van der Waals surface area contributed by atoms with Gasteiger partial charge >= 0.3 is 0 Å². The van der Waals surface area contributed by atoms with Gasteiger partial charge in [-0.05, 0) is 44.0 Å². The first kappa shape index (κ1) is 20.9. The topological polar surface area (TPSA) is 65.2 Å². The summed E-state index contributed by atoms with van der Waals surface area (Å²) >= 11 is 0. The Kier molecular flexibility index (Phi) is 6.23. The quantitative estimate of drug-likeness (QED) is 0.531. The van der Waals surface area contributed by atoms with Crippen LogP contribution < -0.4 is 10.5 Å². The second kappa shape index (κ2) is 8.66. The maximum Gasteiger partial charge on any atom is 0.164 e. The van der Waals surface area contributed by atoms with E-state index in [1.165, 1.54) is 24.4 Å². The first-order valence-corrected chi connectivity index (χ1v) is 9.57. The molecule has 1 aromatic heterocycles. The lowest BCUT2D eigenvalue weighted by atomic mass is 9.92. The summed E-state index contributed by atoms with van der Waals surface area (Å²) in [6.45, 7) is 3.67. The molecule has 0 aliphatic rings. The lowest BCUT2D eigenvalue weighted by Gasteiger charge is -2.21. The smallest absolute Gasteiger partial charge is 0.164 e. The maximum absolute atomic E-state index is 13.8. The van der Waals surface area contributed by atoms with E-state index >= 15 is 0 Å². The molecule has 3 rings (SSSR count). The summed E-state index contributed by atoms with van der Waals surface area (Å²) in [6, 6.07) is 10.7. The van der Waals surface area contributed by atoms with Crippen molar-refractivity contribution in [3.8, 4) is 5.75 Å². The lowest BCUT2D eigenvalue weighted by Crippen LogP contribution is -2.35. The van der Waals surface area contributed by atoms with E-state index in [2.05, 4.69) is 4.98 Å². The van der Waals surface area contributed by atoms with Crippen molar-refractivity contribution in [2.24, 2.45) is 5.73 Å². The summed E-state index contributed by atoms with van der Waals surface area (Å²) < 4.78 is 33.2. The number of benzene rings is 2. The van der Waals surface area contributed by atoms with E-state index in [9.17, 15) is 13.6 Å². The fourth-order valence-corrected chi connectivity index (χ4v) is 2.94. The van der Waals surface area contributed by atoms with Gasteiger partial charge in [-0.15, -0.1) is 0 Å². The molecule has 1 heterocycles. The summed E-state index contributed by atoms with van der Waals surface area (Å²) in [4.78, 5) is 16.9. The molecule has 29 heavy (non-hydrogen) atoms. The van der Waals surface area contributed by atoms with E-state index < -0.39 is 11.6 Å². The van der Waals surface area contributed by atoms with E-state index in [1.54, 1.807) is 18.2 Å². The van der Waals surface area contributed by atoms with Gasteiger partial charge in [0, 0.05) is 29.1 Å². The van der Waals surface area contributed by atoms with Gasteiger partial charge in [0.15, 0.2) is 5.78 Å². The number of ketones is 1. The van der Waals surface area contributed by atoms with Crippen molar-refractivity contribution in [3.05, 3.63) is 71.4 Å². The normalized spacial score (nSPS) is 13.3.